The van der Waals surface area contributed by atoms with E-state index in [1.165, 1.54) is 4.90 Å². The van der Waals surface area contributed by atoms with Gasteiger partial charge in [0, 0.05) is 12.1 Å². The molecule has 1 saturated carbocycles. The third kappa shape index (κ3) is 8.70. The number of carbonyl (C=O) groups is 4. The lowest BCUT2D eigenvalue weighted by Gasteiger charge is -2.35. The standard InChI is InChI=1S/C27H40N4O5/c1-7-10-17(3)29-24(33)23(19-12-9-11-18(8-2)15-19)31(20-13-14-20)25(34)21(16-22(28)32)30-26(35)36-27(4,5)6/h8-9,11-12,15,17,20-21,23H,2,7,10,13-14,16H2,1,3-6H3,(H2,28,32)(H,29,33)(H,30,35). The highest BCUT2D eigenvalue weighted by atomic mass is 16.6. The van der Waals surface area contributed by atoms with Gasteiger partial charge in [-0.2, -0.15) is 0 Å². The van der Waals surface area contributed by atoms with E-state index in [0.29, 0.717) is 18.4 Å². The van der Waals surface area contributed by atoms with E-state index in [1.54, 1.807) is 39.0 Å². The van der Waals surface area contributed by atoms with Gasteiger partial charge in [0.25, 0.3) is 0 Å². The Bertz CT molecular complexity index is 967. The van der Waals surface area contributed by atoms with E-state index in [4.69, 9.17) is 10.5 Å². The maximum Gasteiger partial charge on any atom is 0.408 e. The first-order valence-electron chi connectivity index (χ1n) is 12.5. The fourth-order valence-corrected chi connectivity index (χ4v) is 4.02. The van der Waals surface area contributed by atoms with Crippen molar-refractivity contribution in [1.82, 2.24) is 15.5 Å². The van der Waals surface area contributed by atoms with E-state index in [-0.39, 0.29) is 18.0 Å². The average Bonchev–Trinajstić information content (AvgIpc) is 3.60. The molecule has 1 aromatic rings. The third-order valence-corrected chi connectivity index (χ3v) is 5.69. The minimum absolute atomic E-state index is 0.0925. The van der Waals surface area contributed by atoms with Crippen LogP contribution in [0.25, 0.3) is 6.08 Å². The van der Waals surface area contributed by atoms with Gasteiger partial charge in [-0.3, -0.25) is 14.4 Å². The predicted octanol–water partition coefficient (Wildman–Crippen LogP) is 3.44. The molecular formula is C27H40N4O5. The zero-order chi connectivity index (χ0) is 27.0. The number of nitrogens with zero attached hydrogens (tertiary/aromatic N) is 1. The van der Waals surface area contributed by atoms with E-state index in [1.807, 2.05) is 26.0 Å². The van der Waals surface area contributed by atoms with Crippen LogP contribution in [0.4, 0.5) is 4.79 Å². The molecule has 4 N–H and O–H groups in total. The van der Waals surface area contributed by atoms with Crippen molar-refractivity contribution in [2.24, 2.45) is 5.73 Å². The Labute approximate surface area is 213 Å². The van der Waals surface area contributed by atoms with Crippen molar-refractivity contribution in [1.29, 1.82) is 0 Å². The summed E-state index contributed by atoms with van der Waals surface area (Å²) in [6, 6.07) is 4.72. The Morgan fingerprint density at radius 3 is 2.42 bits per heavy atom. The monoisotopic (exact) mass is 500 g/mol. The van der Waals surface area contributed by atoms with Gasteiger partial charge < -0.3 is 26.0 Å². The molecule has 1 aliphatic rings. The van der Waals surface area contributed by atoms with Crippen molar-refractivity contribution in [3.63, 3.8) is 0 Å². The topological polar surface area (TPSA) is 131 Å². The lowest BCUT2D eigenvalue weighted by molar-refractivity contribution is -0.144. The zero-order valence-electron chi connectivity index (χ0n) is 22.0. The number of benzene rings is 1. The van der Waals surface area contributed by atoms with E-state index >= 15 is 0 Å². The predicted molar refractivity (Wildman–Crippen MR) is 139 cm³/mol. The minimum atomic E-state index is -1.27. The second kappa shape index (κ2) is 12.6. The molecular weight excluding hydrogens is 460 g/mol. The molecule has 4 amide bonds. The van der Waals surface area contributed by atoms with Crippen LogP contribution in [0.15, 0.2) is 30.8 Å². The first-order valence-corrected chi connectivity index (χ1v) is 12.5. The number of ether oxygens (including phenoxy) is 1. The molecule has 0 bridgehead atoms. The van der Waals surface area contributed by atoms with Crippen molar-refractivity contribution in [3.8, 4) is 0 Å². The van der Waals surface area contributed by atoms with Crippen molar-refractivity contribution in [3.05, 3.63) is 42.0 Å². The smallest absolute Gasteiger partial charge is 0.408 e. The van der Waals surface area contributed by atoms with Gasteiger partial charge in [0.1, 0.15) is 17.7 Å². The van der Waals surface area contributed by atoms with Crippen LogP contribution in [-0.2, 0) is 19.1 Å². The summed E-state index contributed by atoms with van der Waals surface area (Å²) < 4.78 is 5.29. The minimum Gasteiger partial charge on any atom is -0.444 e. The highest BCUT2D eigenvalue weighted by Gasteiger charge is 2.44. The number of nitrogens with two attached hydrogens (primary N) is 1. The summed E-state index contributed by atoms with van der Waals surface area (Å²) in [5.41, 5.74) is 6.03. The van der Waals surface area contributed by atoms with Gasteiger partial charge in [-0.15, -0.1) is 0 Å². The normalized spacial score (nSPS) is 15.7. The highest BCUT2D eigenvalue weighted by molar-refractivity contribution is 5.95. The molecule has 3 atom stereocenters. The zero-order valence-corrected chi connectivity index (χ0v) is 22.0. The van der Waals surface area contributed by atoms with Gasteiger partial charge in [0.15, 0.2) is 0 Å². The quantitative estimate of drug-likeness (QED) is 0.405. The number of nitrogens with one attached hydrogen (secondary N) is 2. The van der Waals surface area contributed by atoms with Gasteiger partial charge in [-0.1, -0.05) is 44.2 Å². The van der Waals surface area contributed by atoms with Crippen molar-refractivity contribution in [2.45, 2.75) is 96.5 Å². The fourth-order valence-electron chi connectivity index (χ4n) is 4.02. The number of carbonyl (C=O) groups excluding carboxylic acids is 4. The number of hydrogen-bond acceptors (Lipinski definition) is 5. The molecule has 0 radical (unpaired) electrons. The number of alkyl carbamates (subject to hydrolysis) is 1. The summed E-state index contributed by atoms with van der Waals surface area (Å²) in [5.74, 6) is -1.65. The molecule has 2 rings (SSSR count). The van der Waals surface area contributed by atoms with Gasteiger partial charge in [0.05, 0.1) is 6.42 Å². The second-order valence-electron chi connectivity index (χ2n) is 10.3. The van der Waals surface area contributed by atoms with Gasteiger partial charge in [-0.05, 0) is 64.2 Å². The molecule has 0 aromatic heterocycles. The van der Waals surface area contributed by atoms with Crippen LogP contribution in [0, 0.1) is 0 Å². The van der Waals surface area contributed by atoms with Crippen LogP contribution in [-0.4, -0.2) is 52.4 Å². The summed E-state index contributed by atoms with van der Waals surface area (Å²) in [6.45, 7) is 12.8. The molecule has 36 heavy (non-hydrogen) atoms. The van der Waals surface area contributed by atoms with Crippen molar-refractivity contribution >= 4 is 29.9 Å². The maximum atomic E-state index is 13.9. The molecule has 0 spiro atoms. The molecule has 3 unspecified atom stereocenters. The second-order valence-corrected chi connectivity index (χ2v) is 10.3. The third-order valence-electron chi connectivity index (χ3n) is 5.69. The Morgan fingerprint density at radius 2 is 1.89 bits per heavy atom. The average molecular weight is 501 g/mol. The number of hydrogen-bond donors (Lipinski definition) is 3. The van der Waals surface area contributed by atoms with E-state index < -0.39 is 42.0 Å². The number of primary amides is 1. The van der Waals surface area contributed by atoms with Crippen LogP contribution in [0.1, 0.15) is 83.9 Å². The SMILES string of the molecule is C=Cc1cccc(C(C(=O)NC(C)CCC)N(C(=O)C(CC(N)=O)NC(=O)OC(C)(C)C)C2CC2)c1. The fraction of sp³-hybridized carbons (Fsp3) is 0.556. The largest absolute Gasteiger partial charge is 0.444 e. The highest BCUT2D eigenvalue weighted by Crippen LogP contribution is 2.36. The number of amides is 4. The maximum absolute atomic E-state index is 13.9. The van der Waals surface area contributed by atoms with Gasteiger partial charge in [-0.25, -0.2) is 4.79 Å². The molecule has 0 aliphatic heterocycles. The van der Waals surface area contributed by atoms with E-state index in [2.05, 4.69) is 17.2 Å². The van der Waals surface area contributed by atoms with Gasteiger partial charge >= 0.3 is 6.09 Å². The summed E-state index contributed by atoms with van der Waals surface area (Å²) in [4.78, 5) is 53.3. The molecule has 9 nitrogen and oxygen atoms in total. The number of rotatable bonds is 12. The van der Waals surface area contributed by atoms with Gasteiger partial charge in [0.2, 0.25) is 17.7 Å². The Morgan fingerprint density at radius 1 is 1.22 bits per heavy atom. The Kier molecular flexibility index (Phi) is 10.1. The van der Waals surface area contributed by atoms with E-state index in [9.17, 15) is 19.2 Å². The molecule has 0 heterocycles. The summed E-state index contributed by atoms with van der Waals surface area (Å²) in [5, 5.41) is 5.52. The summed E-state index contributed by atoms with van der Waals surface area (Å²) in [6.07, 6.45) is 3.49. The first-order chi connectivity index (χ1) is 16.9. The van der Waals surface area contributed by atoms with Crippen molar-refractivity contribution < 1.29 is 23.9 Å². The molecule has 0 saturated heterocycles. The van der Waals surface area contributed by atoms with Crippen LogP contribution >= 0.6 is 0 Å². The van der Waals surface area contributed by atoms with E-state index in [0.717, 1.165) is 18.4 Å². The molecule has 1 fully saturated rings. The molecule has 9 heteroatoms. The molecule has 198 valence electrons. The first kappa shape index (κ1) is 28.9. The van der Waals surface area contributed by atoms with Crippen LogP contribution in [0.2, 0.25) is 0 Å². The molecule has 1 aromatic carbocycles. The molecule has 1 aliphatic carbocycles. The lowest BCUT2D eigenvalue weighted by Crippen LogP contribution is -2.55. The Hall–Kier alpha value is -3.36. The van der Waals surface area contributed by atoms with Crippen molar-refractivity contribution in [2.75, 3.05) is 0 Å². The Balaban J connectivity index is 2.48. The van der Waals surface area contributed by atoms with Crippen LogP contribution in [0.5, 0.6) is 0 Å². The summed E-state index contributed by atoms with van der Waals surface area (Å²) >= 11 is 0. The summed E-state index contributed by atoms with van der Waals surface area (Å²) in [7, 11) is 0. The van der Waals surface area contributed by atoms with Crippen LogP contribution < -0.4 is 16.4 Å². The lowest BCUT2D eigenvalue weighted by atomic mass is 9.99. The van der Waals surface area contributed by atoms with Crippen LogP contribution in [0.3, 0.4) is 0 Å².